The fourth-order valence-corrected chi connectivity index (χ4v) is 1.69. The highest BCUT2D eigenvalue weighted by Crippen LogP contribution is 2.15. The van der Waals surface area contributed by atoms with Crippen molar-refractivity contribution < 1.29 is 13.2 Å². The largest absolute Gasteiger partial charge is 0.325 e. The van der Waals surface area contributed by atoms with Crippen LogP contribution in [0.1, 0.15) is 13.8 Å². The summed E-state index contributed by atoms with van der Waals surface area (Å²) in [5.41, 5.74) is 5.65. The Hall–Kier alpha value is -1.31. The van der Waals surface area contributed by atoms with E-state index in [2.05, 4.69) is 10.0 Å². The molecule has 4 N–H and O–H groups in total. The van der Waals surface area contributed by atoms with Gasteiger partial charge in [0.05, 0.1) is 11.8 Å². The first-order chi connectivity index (χ1) is 8.08. The van der Waals surface area contributed by atoms with Crippen LogP contribution in [0.4, 0.5) is 11.4 Å². The maximum atomic E-state index is 11.6. The predicted octanol–water partition coefficient (Wildman–Crippen LogP) is 1.16. The number of hydrogen-bond donors (Lipinski definition) is 3. The molecule has 0 fully saturated rings. The summed E-state index contributed by atoms with van der Waals surface area (Å²) in [5.74, 6) is -0.314. The molecule has 8 heteroatoms. The van der Waals surface area contributed by atoms with Crippen LogP contribution in [-0.2, 0) is 14.8 Å². The molecule has 0 aromatic heterocycles. The molecule has 0 aliphatic heterocycles. The van der Waals surface area contributed by atoms with Crippen LogP contribution >= 0.6 is 12.4 Å². The summed E-state index contributed by atoms with van der Waals surface area (Å²) in [4.78, 5) is 11.6. The van der Waals surface area contributed by atoms with Gasteiger partial charge in [-0.25, -0.2) is 8.42 Å². The first-order valence-corrected chi connectivity index (χ1v) is 7.15. The molecule has 0 heterocycles. The number of carbonyl (C=O) groups excluding carboxylic acids is 1. The average Bonchev–Trinajstić information content (AvgIpc) is 2.17. The molecule has 0 bridgehead atoms. The minimum atomic E-state index is -3.29. The van der Waals surface area contributed by atoms with E-state index in [4.69, 9.17) is 5.73 Å². The molecule has 0 saturated heterocycles. The summed E-state index contributed by atoms with van der Waals surface area (Å²) < 4.78 is 24.3. The Morgan fingerprint density at radius 2 is 1.58 bits per heavy atom. The van der Waals surface area contributed by atoms with Crippen molar-refractivity contribution in [2.24, 2.45) is 5.73 Å². The smallest absolute Gasteiger partial charge is 0.243 e. The Balaban J connectivity index is 0.00000324. The highest BCUT2D eigenvalue weighted by Gasteiger charge is 2.21. The van der Waals surface area contributed by atoms with E-state index >= 15 is 0 Å². The van der Waals surface area contributed by atoms with E-state index in [1.807, 2.05) is 0 Å². The molecule has 1 aromatic rings. The Labute approximate surface area is 119 Å². The van der Waals surface area contributed by atoms with Crippen LogP contribution in [0, 0.1) is 0 Å². The third-order valence-electron chi connectivity index (χ3n) is 2.03. The monoisotopic (exact) mass is 307 g/mol. The molecular weight excluding hydrogens is 290 g/mol. The predicted molar refractivity (Wildman–Crippen MR) is 79.1 cm³/mol. The number of rotatable bonds is 4. The van der Waals surface area contributed by atoms with E-state index in [-0.39, 0.29) is 18.3 Å². The lowest BCUT2D eigenvalue weighted by Gasteiger charge is -2.17. The highest BCUT2D eigenvalue weighted by molar-refractivity contribution is 7.92. The SMILES string of the molecule is CC(C)(N)C(=O)Nc1ccc(NS(C)(=O)=O)cc1.Cl. The maximum Gasteiger partial charge on any atom is 0.243 e. The lowest BCUT2D eigenvalue weighted by atomic mass is 10.1. The number of anilines is 2. The lowest BCUT2D eigenvalue weighted by molar-refractivity contribution is -0.120. The fraction of sp³-hybridized carbons (Fsp3) is 0.364. The van der Waals surface area contributed by atoms with E-state index in [9.17, 15) is 13.2 Å². The van der Waals surface area contributed by atoms with Crippen molar-refractivity contribution in [1.29, 1.82) is 0 Å². The molecule has 0 saturated carbocycles. The van der Waals surface area contributed by atoms with Gasteiger partial charge >= 0.3 is 0 Å². The molecule has 0 aliphatic rings. The molecule has 108 valence electrons. The van der Waals surface area contributed by atoms with Crippen LogP contribution in [0.2, 0.25) is 0 Å². The second-order valence-corrected chi connectivity index (χ2v) is 6.38. The summed E-state index contributed by atoms with van der Waals surface area (Å²) >= 11 is 0. The van der Waals surface area contributed by atoms with Gasteiger partial charge in [-0.1, -0.05) is 0 Å². The second-order valence-electron chi connectivity index (χ2n) is 4.63. The molecule has 0 unspecified atom stereocenters. The third-order valence-corrected chi connectivity index (χ3v) is 2.64. The quantitative estimate of drug-likeness (QED) is 0.776. The van der Waals surface area contributed by atoms with Crippen molar-refractivity contribution >= 4 is 39.7 Å². The molecular formula is C11H18ClN3O3S. The second kappa shape index (κ2) is 6.23. The van der Waals surface area contributed by atoms with Gasteiger partial charge in [-0.3, -0.25) is 9.52 Å². The summed E-state index contributed by atoms with van der Waals surface area (Å²) in [7, 11) is -3.29. The average molecular weight is 308 g/mol. The van der Waals surface area contributed by atoms with E-state index in [1.165, 1.54) is 0 Å². The molecule has 1 aromatic carbocycles. The summed E-state index contributed by atoms with van der Waals surface area (Å²) in [6.45, 7) is 3.20. The molecule has 19 heavy (non-hydrogen) atoms. The molecule has 1 amide bonds. The highest BCUT2D eigenvalue weighted by atomic mass is 35.5. The Morgan fingerprint density at radius 1 is 1.16 bits per heavy atom. The maximum absolute atomic E-state index is 11.6. The van der Waals surface area contributed by atoms with Crippen molar-refractivity contribution in [3.05, 3.63) is 24.3 Å². The van der Waals surface area contributed by atoms with E-state index in [0.717, 1.165) is 6.26 Å². The van der Waals surface area contributed by atoms with Crippen LogP contribution in [0.5, 0.6) is 0 Å². The fourth-order valence-electron chi connectivity index (χ4n) is 1.13. The number of nitrogens with two attached hydrogens (primary N) is 1. The van der Waals surface area contributed by atoms with Gasteiger partial charge in [0.25, 0.3) is 0 Å². The standard InChI is InChI=1S/C11H17N3O3S.ClH/c1-11(2,12)10(15)13-8-4-6-9(7-5-8)14-18(3,16)17;/h4-7,14H,12H2,1-3H3,(H,13,15);1H. The number of nitrogens with one attached hydrogen (secondary N) is 2. The van der Waals surface area contributed by atoms with Gasteiger partial charge in [0.15, 0.2) is 0 Å². The van der Waals surface area contributed by atoms with Crippen LogP contribution in [-0.4, -0.2) is 26.1 Å². The third kappa shape index (κ3) is 6.42. The summed E-state index contributed by atoms with van der Waals surface area (Å²) in [6, 6.07) is 6.30. The zero-order valence-electron chi connectivity index (χ0n) is 10.9. The van der Waals surface area contributed by atoms with Crippen molar-refractivity contribution in [2.45, 2.75) is 19.4 Å². The lowest BCUT2D eigenvalue weighted by Crippen LogP contribution is -2.45. The van der Waals surface area contributed by atoms with Gasteiger partial charge < -0.3 is 11.1 Å². The van der Waals surface area contributed by atoms with Gasteiger partial charge in [0.1, 0.15) is 0 Å². The number of hydrogen-bond acceptors (Lipinski definition) is 4. The first-order valence-electron chi connectivity index (χ1n) is 5.26. The minimum Gasteiger partial charge on any atom is -0.325 e. The Bertz CT molecular complexity index is 535. The van der Waals surface area contributed by atoms with Crippen molar-refractivity contribution in [1.82, 2.24) is 0 Å². The topological polar surface area (TPSA) is 101 Å². The number of amides is 1. The van der Waals surface area contributed by atoms with Crippen LogP contribution in [0.15, 0.2) is 24.3 Å². The number of benzene rings is 1. The van der Waals surface area contributed by atoms with Crippen molar-refractivity contribution in [3.63, 3.8) is 0 Å². The van der Waals surface area contributed by atoms with E-state index in [0.29, 0.717) is 11.4 Å². The first kappa shape index (κ1) is 17.7. The van der Waals surface area contributed by atoms with E-state index in [1.54, 1.807) is 38.1 Å². The molecule has 1 rings (SSSR count). The van der Waals surface area contributed by atoms with Crippen molar-refractivity contribution in [2.75, 3.05) is 16.3 Å². The summed E-state index contributed by atoms with van der Waals surface area (Å²) in [5, 5.41) is 2.63. The van der Waals surface area contributed by atoms with Crippen LogP contribution in [0.3, 0.4) is 0 Å². The van der Waals surface area contributed by atoms with Crippen molar-refractivity contribution in [3.8, 4) is 0 Å². The normalized spacial score (nSPS) is 11.4. The number of halogens is 1. The molecule has 0 atom stereocenters. The molecule has 0 aliphatic carbocycles. The molecule has 6 nitrogen and oxygen atoms in total. The minimum absolute atomic E-state index is 0. The Kier molecular flexibility index (Phi) is 5.80. The van der Waals surface area contributed by atoms with Gasteiger partial charge in [-0.2, -0.15) is 0 Å². The van der Waals surface area contributed by atoms with Crippen LogP contribution < -0.4 is 15.8 Å². The van der Waals surface area contributed by atoms with Gasteiger partial charge in [0.2, 0.25) is 15.9 Å². The van der Waals surface area contributed by atoms with Gasteiger partial charge in [0, 0.05) is 11.4 Å². The van der Waals surface area contributed by atoms with Gasteiger partial charge in [-0.05, 0) is 38.1 Å². The van der Waals surface area contributed by atoms with Crippen LogP contribution in [0.25, 0.3) is 0 Å². The molecule has 0 radical (unpaired) electrons. The zero-order chi connectivity index (χ0) is 14.0. The Morgan fingerprint density at radius 3 is 1.95 bits per heavy atom. The molecule has 0 spiro atoms. The van der Waals surface area contributed by atoms with E-state index < -0.39 is 15.6 Å². The summed E-state index contributed by atoms with van der Waals surface area (Å²) in [6.07, 6.45) is 1.07. The van der Waals surface area contributed by atoms with Gasteiger partial charge in [-0.15, -0.1) is 12.4 Å². The zero-order valence-corrected chi connectivity index (χ0v) is 12.6. The number of sulfonamides is 1. The number of carbonyl (C=O) groups is 1.